The van der Waals surface area contributed by atoms with Crippen LogP contribution in [0.15, 0.2) is 5.11 Å². The average Bonchev–Trinajstić information content (AvgIpc) is 1.68. The second-order valence-corrected chi connectivity index (χ2v) is 1.03. The van der Waals surface area contributed by atoms with Crippen molar-refractivity contribution < 1.29 is 4.84 Å². The lowest BCUT2D eigenvalue weighted by atomic mass is 11.3. The van der Waals surface area contributed by atoms with Gasteiger partial charge in [-0.15, -0.1) is 5.11 Å². The zero-order valence-corrected chi connectivity index (χ0v) is 4.58. The predicted octanol–water partition coefficient (Wildman–Crippen LogP) is 0.453. The van der Waals surface area contributed by atoms with Gasteiger partial charge in [-0.1, -0.05) is 0 Å². The number of hydrogen-bond donors (Lipinski definition) is 2. The first kappa shape index (κ1) is 6.45. The third kappa shape index (κ3) is 3.28. The molecule has 0 unspecified atom stereocenters. The van der Waals surface area contributed by atoms with E-state index < -0.39 is 0 Å². The van der Waals surface area contributed by atoms with Crippen molar-refractivity contribution in [3.05, 3.63) is 0 Å². The van der Waals surface area contributed by atoms with Crippen LogP contribution in [0.1, 0.15) is 0 Å². The second-order valence-electron chi connectivity index (χ2n) is 0.684. The van der Waals surface area contributed by atoms with E-state index in [1.165, 1.54) is 7.05 Å². The van der Waals surface area contributed by atoms with Gasteiger partial charge in [0.2, 0.25) is 0 Å². The first-order chi connectivity index (χ1) is 3.31. The fourth-order valence-electron chi connectivity index (χ4n) is 0.110. The molecule has 0 spiro atoms. The summed E-state index contributed by atoms with van der Waals surface area (Å²) >= 11 is 4.32. The van der Waals surface area contributed by atoms with E-state index in [4.69, 9.17) is 5.53 Å². The van der Waals surface area contributed by atoms with Crippen LogP contribution in [0.4, 0.5) is 0 Å². The predicted molar refractivity (Wildman–Crippen MR) is 27.9 cm³/mol. The highest BCUT2D eigenvalue weighted by Crippen LogP contribution is 1.75. The van der Waals surface area contributed by atoms with Crippen LogP contribution < -0.4 is 5.48 Å². The van der Waals surface area contributed by atoms with Crippen LogP contribution in [0.2, 0.25) is 0 Å². The van der Waals surface area contributed by atoms with E-state index in [0.717, 1.165) is 0 Å². The van der Waals surface area contributed by atoms with Crippen LogP contribution in [0.25, 0.3) is 0 Å². The molecule has 0 aromatic heterocycles. The van der Waals surface area contributed by atoms with E-state index in [9.17, 15) is 0 Å². The molecule has 0 aromatic carbocycles. The summed E-state index contributed by atoms with van der Waals surface area (Å²) < 4.78 is 0. The molecule has 5 heteroatoms. The summed E-state index contributed by atoms with van der Waals surface area (Å²) in [5.74, 6) is 0. The Labute approximate surface area is 46.3 Å². The molecule has 0 saturated heterocycles. The van der Waals surface area contributed by atoms with E-state index in [1.54, 1.807) is 0 Å². The third-order valence-electron chi connectivity index (χ3n) is 0.281. The van der Waals surface area contributed by atoms with Crippen LogP contribution in [0.3, 0.4) is 0 Å². The molecule has 0 aliphatic heterocycles. The van der Waals surface area contributed by atoms with Crippen molar-refractivity contribution in [2.75, 3.05) is 7.05 Å². The Hall–Kier alpha value is -0.550. The average molecular weight is 119 g/mol. The van der Waals surface area contributed by atoms with E-state index in [0.29, 0.717) is 0 Å². The third-order valence-corrected chi connectivity index (χ3v) is 0.455. The van der Waals surface area contributed by atoms with Crippen molar-refractivity contribution in [1.29, 1.82) is 5.53 Å². The van der Waals surface area contributed by atoms with Gasteiger partial charge in [-0.25, -0.2) is 5.53 Å². The molecule has 0 aromatic rings. The smallest absolute Gasteiger partial charge is 0.322 e. The summed E-state index contributed by atoms with van der Waals surface area (Å²) in [7, 11) is 1.54. The number of nitrogens with one attached hydrogen (secondary N) is 2. The van der Waals surface area contributed by atoms with Crippen molar-refractivity contribution in [2.24, 2.45) is 5.11 Å². The van der Waals surface area contributed by atoms with Crippen molar-refractivity contribution in [3.63, 3.8) is 0 Å². The fourth-order valence-corrected chi connectivity index (χ4v) is 0.193. The summed E-state index contributed by atoms with van der Waals surface area (Å²) in [5, 5.41) is 2.67. The van der Waals surface area contributed by atoms with Crippen LogP contribution in [0, 0.1) is 5.53 Å². The monoisotopic (exact) mass is 119 g/mol. The molecule has 40 valence electrons. The molecule has 0 rings (SSSR count). The molecule has 7 heavy (non-hydrogen) atoms. The minimum atomic E-state index is -0.109. The van der Waals surface area contributed by atoms with Crippen molar-refractivity contribution in [2.45, 2.75) is 0 Å². The minimum Gasteiger partial charge on any atom is -0.375 e. The van der Waals surface area contributed by atoms with Gasteiger partial charge in [0.15, 0.2) is 0 Å². The normalized spacial score (nSPS) is 7.57. The summed E-state index contributed by atoms with van der Waals surface area (Å²) in [6, 6.07) is 0. The van der Waals surface area contributed by atoms with Gasteiger partial charge in [0.05, 0.1) is 0 Å². The Morgan fingerprint density at radius 2 is 2.57 bits per heavy atom. The Morgan fingerprint density at radius 3 is 2.71 bits per heavy atom. The molecule has 0 fully saturated rings. The van der Waals surface area contributed by atoms with Crippen molar-refractivity contribution in [1.82, 2.24) is 5.48 Å². The van der Waals surface area contributed by atoms with Gasteiger partial charge in [-0.05, 0) is 12.2 Å². The maximum atomic E-state index is 6.23. The summed E-state index contributed by atoms with van der Waals surface area (Å²) in [5.41, 5.74) is 8.49. The Balaban J connectivity index is 3.17. The minimum absolute atomic E-state index is 0.109. The standard InChI is InChI=1S/C2H5N3OS/c1-4-6-2(7)5-3/h3-4H,1H3. The van der Waals surface area contributed by atoms with Crippen molar-refractivity contribution in [3.8, 4) is 0 Å². The first-order valence-electron chi connectivity index (χ1n) is 1.56. The molecule has 2 N–H and O–H groups in total. The van der Waals surface area contributed by atoms with E-state index in [-0.39, 0.29) is 5.17 Å². The summed E-state index contributed by atoms with van der Waals surface area (Å²) in [4.78, 5) is 4.32. The van der Waals surface area contributed by atoms with Gasteiger partial charge in [0, 0.05) is 7.05 Å². The number of nitrogens with zero attached hydrogens (tertiary/aromatic N) is 1. The molecular formula is C2H5N3OS. The lowest BCUT2D eigenvalue weighted by Crippen LogP contribution is -2.10. The molecule has 0 bridgehead atoms. The first-order valence-corrected chi connectivity index (χ1v) is 1.97. The van der Waals surface area contributed by atoms with E-state index >= 15 is 0 Å². The van der Waals surface area contributed by atoms with Crippen LogP contribution in [-0.2, 0) is 4.84 Å². The molecule has 0 saturated carbocycles. The summed E-state index contributed by atoms with van der Waals surface area (Å²) in [6.45, 7) is 0. The number of hydrogen-bond acceptors (Lipinski definition) is 4. The fraction of sp³-hybridized carbons (Fsp3) is 0.500. The molecule has 0 heterocycles. The van der Waals surface area contributed by atoms with E-state index in [1.807, 2.05) is 0 Å². The van der Waals surface area contributed by atoms with Crippen LogP contribution in [0.5, 0.6) is 0 Å². The highest BCUT2D eigenvalue weighted by atomic mass is 32.1. The lowest BCUT2D eigenvalue weighted by Gasteiger charge is -1.92. The molecule has 0 aliphatic carbocycles. The highest BCUT2D eigenvalue weighted by Gasteiger charge is 1.84. The Kier molecular flexibility index (Phi) is 3.35. The Bertz CT molecular complexity index is 83.0. The quantitative estimate of drug-likeness (QED) is 0.299. The van der Waals surface area contributed by atoms with Gasteiger partial charge in [0.25, 0.3) is 0 Å². The van der Waals surface area contributed by atoms with Crippen LogP contribution >= 0.6 is 12.2 Å². The maximum absolute atomic E-state index is 6.23. The Morgan fingerprint density at radius 1 is 2.00 bits per heavy atom. The molecule has 0 amide bonds. The molecule has 0 atom stereocenters. The number of rotatable bonds is 1. The van der Waals surface area contributed by atoms with Gasteiger partial charge >= 0.3 is 5.17 Å². The topological polar surface area (TPSA) is 57.5 Å². The lowest BCUT2D eigenvalue weighted by molar-refractivity contribution is 0.211. The molecule has 0 aliphatic rings. The zero-order chi connectivity index (χ0) is 5.70. The van der Waals surface area contributed by atoms with Gasteiger partial charge in [-0.2, -0.15) is 5.48 Å². The SMILES string of the molecule is CNOC(=S)N=N. The summed E-state index contributed by atoms with van der Waals surface area (Å²) in [6.07, 6.45) is 0. The molecule has 0 radical (unpaired) electrons. The van der Waals surface area contributed by atoms with Gasteiger partial charge < -0.3 is 4.84 Å². The number of thiocarbonyl (C=S) groups is 1. The maximum Gasteiger partial charge on any atom is 0.322 e. The molecular weight excluding hydrogens is 114 g/mol. The zero-order valence-electron chi connectivity index (χ0n) is 3.76. The highest BCUT2D eigenvalue weighted by molar-refractivity contribution is 7.80. The second kappa shape index (κ2) is 3.63. The number of hydroxylamine groups is 1. The largest absolute Gasteiger partial charge is 0.375 e. The van der Waals surface area contributed by atoms with Crippen molar-refractivity contribution >= 4 is 17.4 Å². The molecule has 4 nitrogen and oxygen atoms in total. The van der Waals surface area contributed by atoms with Crippen LogP contribution in [-0.4, -0.2) is 12.2 Å². The van der Waals surface area contributed by atoms with Gasteiger partial charge in [0.1, 0.15) is 0 Å². The van der Waals surface area contributed by atoms with E-state index in [2.05, 4.69) is 27.6 Å². The van der Waals surface area contributed by atoms with Gasteiger partial charge in [-0.3, -0.25) is 0 Å².